The molecular formula is C14H17ClN2O3. The number of hydrogen-bond acceptors (Lipinski definition) is 3. The molecule has 0 spiro atoms. The molecule has 1 heterocycles. The first-order valence-corrected chi connectivity index (χ1v) is 6.93. The molecule has 0 saturated carbocycles. The lowest BCUT2D eigenvalue weighted by molar-refractivity contribution is -0.137. The molecule has 1 aromatic rings. The van der Waals surface area contributed by atoms with Gasteiger partial charge in [0.05, 0.1) is 6.42 Å². The predicted octanol–water partition coefficient (Wildman–Crippen LogP) is 1.57. The van der Waals surface area contributed by atoms with Gasteiger partial charge >= 0.3 is 5.97 Å². The van der Waals surface area contributed by atoms with Gasteiger partial charge in [0, 0.05) is 43.3 Å². The first kappa shape index (κ1) is 14.8. The average Bonchev–Trinajstić information content (AvgIpc) is 2.46. The van der Waals surface area contributed by atoms with Crippen molar-refractivity contribution >= 4 is 23.5 Å². The van der Waals surface area contributed by atoms with Crippen molar-refractivity contribution in [2.75, 3.05) is 32.7 Å². The zero-order valence-electron chi connectivity index (χ0n) is 11.1. The summed E-state index contributed by atoms with van der Waals surface area (Å²) in [4.78, 5) is 26.6. The summed E-state index contributed by atoms with van der Waals surface area (Å²) in [5, 5.41) is 9.26. The van der Waals surface area contributed by atoms with Crippen molar-refractivity contribution in [3.63, 3.8) is 0 Å². The van der Waals surface area contributed by atoms with Gasteiger partial charge in [-0.05, 0) is 24.3 Å². The molecule has 0 bridgehead atoms. The Bertz CT molecular complexity index is 482. The third kappa shape index (κ3) is 3.95. The van der Waals surface area contributed by atoms with E-state index in [1.807, 2.05) is 0 Å². The van der Waals surface area contributed by atoms with Crippen LogP contribution in [0.4, 0.5) is 0 Å². The second-order valence-electron chi connectivity index (χ2n) is 4.78. The molecule has 0 atom stereocenters. The van der Waals surface area contributed by atoms with E-state index in [4.69, 9.17) is 16.7 Å². The van der Waals surface area contributed by atoms with Gasteiger partial charge in [-0.2, -0.15) is 0 Å². The van der Waals surface area contributed by atoms with Gasteiger partial charge in [-0.25, -0.2) is 0 Å². The molecule has 6 heteroatoms. The SMILES string of the molecule is O=C(O)CCN1CCN(C(=O)c2ccc(Cl)cc2)CC1. The Morgan fingerprint density at radius 1 is 1.10 bits per heavy atom. The third-order valence-electron chi connectivity index (χ3n) is 3.39. The summed E-state index contributed by atoms with van der Waals surface area (Å²) < 4.78 is 0. The first-order valence-electron chi connectivity index (χ1n) is 6.55. The predicted molar refractivity (Wildman–Crippen MR) is 76.0 cm³/mol. The van der Waals surface area contributed by atoms with Crippen LogP contribution in [0.5, 0.6) is 0 Å². The van der Waals surface area contributed by atoms with Crippen LogP contribution in [0, 0.1) is 0 Å². The summed E-state index contributed by atoms with van der Waals surface area (Å²) in [6.07, 6.45) is 0.144. The van der Waals surface area contributed by atoms with Gasteiger partial charge < -0.3 is 10.0 Å². The second kappa shape index (κ2) is 6.72. The Labute approximate surface area is 122 Å². The highest BCUT2D eigenvalue weighted by Gasteiger charge is 2.22. The molecule has 1 aromatic carbocycles. The number of carboxylic acid groups (broad SMARTS) is 1. The van der Waals surface area contributed by atoms with Crippen molar-refractivity contribution in [2.45, 2.75) is 6.42 Å². The number of aliphatic carboxylic acids is 1. The van der Waals surface area contributed by atoms with E-state index in [2.05, 4.69) is 4.90 Å². The summed E-state index contributed by atoms with van der Waals surface area (Å²) in [6.45, 7) is 3.22. The van der Waals surface area contributed by atoms with Crippen molar-refractivity contribution in [3.8, 4) is 0 Å². The van der Waals surface area contributed by atoms with E-state index in [1.165, 1.54) is 0 Å². The van der Waals surface area contributed by atoms with E-state index >= 15 is 0 Å². The fourth-order valence-electron chi connectivity index (χ4n) is 2.20. The third-order valence-corrected chi connectivity index (χ3v) is 3.64. The normalized spacial score (nSPS) is 16.1. The lowest BCUT2D eigenvalue weighted by Crippen LogP contribution is -2.49. The number of amides is 1. The Hall–Kier alpha value is -1.59. The molecule has 2 rings (SSSR count). The smallest absolute Gasteiger partial charge is 0.304 e. The summed E-state index contributed by atoms with van der Waals surface area (Å²) >= 11 is 5.80. The van der Waals surface area contributed by atoms with E-state index in [9.17, 15) is 9.59 Å². The summed E-state index contributed by atoms with van der Waals surface area (Å²) in [5.41, 5.74) is 0.633. The standard InChI is InChI=1S/C14H17ClN2O3/c15-12-3-1-11(2-4-12)14(20)17-9-7-16(8-10-17)6-5-13(18)19/h1-4H,5-10H2,(H,18,19). The minimum absolute atomic E-state index is 0.000416. The van der Waals surface area contributed by atoms with Gasteiger partial charge in [0.15, 0.2) is 0 Å². The molecule has 1 aliphatic heterocycles. The Morgan fingerprint density at radius 3 is 2.25 bits per heavy atom. The molecule has 108 valence electrons. The maximum Gasteiger partial charge on any atom is 0.304 e. The molecule has 0 aromatic heterocycles. The van der Waals surface area contributed by atoms with E-state index in [1.54, 1.807) is 29.2 Å². The zero-order valence-corrected chi connectivity index (χ0v) is 11.8. The van der Waals surface area contributed by atoms with Crippen LogP contribution in [0.2, 0.25) is 5.02 Å². The Morgan fingerprint density at radius 2 is 1.70 bits per heavy atom. The quantitative estimate of drug-likeness (QED) is 0.916. The van der Waals surface area contributed by atoms with Crippen LogP contribution in [0.3, 0.4) is 0 Å². The zero-order chi connectivity index (χ0) is 14.5. The van der Waals surface area contributed by atoms with E-state index in [-0.39, 0.29) is 12.3 Å². The maximum absolute atomic E-state index is 12.3. The molecule has 20 heavy (non-hydrogen) atoms. The van der Waals surface area contributed by atoms with E-state index < -0.39 is 5.97 Å². The highest BCUT2D eigenvalue weighted by molar-refractivity contribution is 6.30. The van der Waals surface area contributed by atoms with Crippen molar-refractivity contribution < 1.29 is 14.7 Å². The molecule has 1 amide bonds. The van der Waals surface area contributed by atoms with Gasteiger partial charge in [0.1, 0.15) is 0 Å². The number of rotatable bonds is 4. The molecule has 1 N–H and O–H groups in total. The maximum atomic E-state index is 12.3. The van der Waals surface area contributed by atoms with Gasteiger partial charge in [-0.3, -0.25) is 14.5 Å². The van der Waals surface area contributed by atoms with E-state index in [0.717, 1.165) is 0 Å². The van der Waals surface area contributed by atoms with Crippen LogP contribution in [0.15, 0.2) is 24.3 Å². The summed E-state index contributed by atoms with van der Waals surface area (Å²) in [6, 6.07) is 6.86. The average molecular weight is 297 g/mol. The second-order valence-corrected chi connectivity index (χ2v) is 5.22. The first-order chi connectivity index (χ1) is 9.56. The lowest BCUT2D eigenvalue weighted by atomic mass is 10.2. The number of carbonyl (C=O) groups excluding carboxylic acids is 1. The fraction of sp³-hybridized carbons (Fsp3) is 0.429. The van der Waals surface area contributed by atoms with Crippen molar-refractivity contribution in [1.29, 1.82) is 0 Å². The lowest BCUT2D eigenvalue weighted by Gasteiger charge is -2.34. The molecule has 0 radical (unpaired) electrons. The molecular weight excluding hydrogens is 280 g/mol. The Balaban J connectivity index is 1.85. The summed E-state index contributed by atoms with van der Waals surface area (Å²) in [5.74, 6) is -0.788. The van der Waals surface area contributed by atoms with Gasteiger partial charge in [-0.1, -0.05) is 11.6 Å². The van der Waals surface area contributed by atoms with Gasteiger partial charge in [0.25, 0.3) is 5.91 Å². The number of halogens is 1. The number of carboxylic acids is 1. The van der Waals surface area contributed by atoms with Crippen LogP contribution < -0.4 is 0 Å². The minimum Gasteiger partial charge on any atom is -0.481 e. The molecule has 1 fully saturated rings. The number of nitrogens with zero attached hydrogens (tertiary/aromatic N) is 2. The molecule has 5 nitrogen and oxygen atoms in total. The van der Waals surface area contributed by atoms with Gasteiger partial charge in [0.2, 0.25) is 0 Å². The van der Waals surface area contributed by atoms with Gasteiger partial charge in [-0.15, -0.1) is 0 Å². The minimum atomic E-state index is -0.787. The number of carbonyl (C=O) groups is 2. The van der Waals surface area contributed by atoms with Crippen LogP contribution in [0.25, 0.3) is 0 Å². The highest BCUT2D eigenvalue weighted by atomic mass is 35.5. The largest absolute Gasteiger partial charge is 0.481 e. The molecule has 0 aliphatic carbocycles. The van der Waals surface area contributed by atoms with Crippen molar-refractivity contribution in [1.82, 2.24) is 9.80 Å². The molecule has 0 unspecified atom stereocenters. The monoisotopic (exact) mass is 296 g/mol. The summed E-state index contributed by atoms with van der Waals surface area (Å²) in [7, 11) is 0. The van der Waals surface area contributed by atoms with Crippen LogP contribution >= 0.6 is 11.6 Å². The number of piperazine rings is 1. The van der Waals surface area contributed by atoms with E-state index in [0.29, 0.717) is 43.3 Å². The number of benzene rings is 1. The number of hydrogen-bond donors (Lipinski definition) is 1. The Kier molecular flexibility index (Phi) is 4.98. The van der Waals surface area contributed by atoms with Crippen molar-refractivity contribution in [3.05, 3.63) is 34.9 Å². The van der Waals surface area contributed by atoms with Crippen LogP contribution in [-0.4, -0.2) is 59.5 Å². The topological polar surface area (TPSA) is 60.9 Å². The molecule has 1 saturated heterocycles. The van der Waals surface area contributed by atoms with Crippen LogP contribution in [0.1, 0.15) is 16.8 Å². The molecule has 1 aliphatic rings. The van der Waals surface area contributed by atoms with Crippen molar-refractivity contribution in [2.24, 2.45) is 0 Å². The fourth-order valence-corrected chi connectivity index (χ4v) is 2.33. The van der Waals surface area contributed by atoms with Crippen LogP contribution in [-0.2, 0) is 4.79 Å². The highest BCUT2D eigenvalue weighted by Crippen LogP contribution is 2.13.